The van der Waals surface area contributed by atoms with E-state index in [1.165, 1.54) is 5.56 Å². The van der Waals surface area contributed by atoms with Crippen LogP contribution < -0.4 is 5.32 Å². The maximum Gasteiger partial charge on any atom is 0.0759 e. The molecule has 1 heterocycles. The number of halogens is 1. The Morgan fingerprint density at radius 3 is 2.62 bits per heavy atom. The van der Waals surface area contributed by atoms with E-state index in [4.69, 9.17) is 11.6 Å². The van der Waals surface area contributed by atoms with Crippen molar-refractivity contribution in [3.05, 3.63) is 46.7 Å². The Hall–Kier alpha value is -1.39. The third kappa shape index (κ3) is 4.55. The number of hydrogen-bond donors (Lipinski definition) is 1. The zero-order valence-electron chi connectivity index (χ0n) is 12.7. The minimum absolute atomic E-state index is 0.229. The Kier molecular flexibility index (Phi) is 6.21. The van der Waals surface area contributed by atoms with Gasteiger partial charge >= 0.3 is 0 Å². The standard InChI is InChI=1S/C16H23ClN4/c1-3-9-18-15(11-13-5-7-14(17)8-6-13)16-12-19-20-21(16)10-4-2/h5-8,12,15,18H,3-4,9-11H2,1-2H3. The summed E-state index contributed by atoms with van der Waals surface area (Å²) in [6.07, 6.45) is 4.94. The van der Waals surface area contributed by atoms with Gasteiger partial charge in [-0.1, -0.05) is 42.8 Å². The van der Waals surface area contributed by atoms with Crippen LogP contribution in [0.2, 0.25) is 5.02 Å². The molecule has 0 spiro atoms. The van der Waals surface area contributed by atoms with Crippen LogP contribution in [0.3, 0.4) is 0 Å². The number of aromatic nitrogens is 3. The zero-order chi connectivity index (χ0) is 15.1. The second kappa shape index (κ2) is 8.15. The van der Waals surface area contributed by atoms with Crippen LogP contribution in [0.1, 0.15) is 44.0 Å². The lowest BCUT2D eigenvalue weighted by Gasteiger charge is -2.19. The first-order chi connectivity index (χ1) is 10.2. The summed E-state index contributed by atoms with van der Waals surface area (Å²) in [7, 11) is 0. The van der Waals surface area contributed by atoms with Crippen LogP contribution in [-0.2, 0) is 13.0 Å². The first-order valence-electron chi connectivity index (χ1n) is 7.60. The Bertz CT molecular complexity index is 535. The van der Waals surface area contributed by atoms with Crippen molar-refractivity contribution in [3.8, 4) is 0 Å². The molecule has 0 aliphatic carbocycles. The summed E-state index contributed by atoms with van der Waals surface area (Å²) in [5.41, 5.74) is 2.41. The predicted molar refractivity (Wildman–Crippen MR) is 86.5 cm³/mol. The molecule has 0 fully saturated rings. The minimum Gasteiger partial charge on any atom is -0.308 e. The molecule has 114 valence electrons. The van der Waals surface area contributed by atoms with Gasteiger partial charge in [0, 0.05) is 11.6 Å². The molecule has 1 aromatic carbocycles. The number of hydrogen-bond acceptors (Lipinski definition) is 3. The Morgan fingerprint density at radius 1 is 1.19 bits per heavy atom. The smallest absolute Gasteiger partial charge is 0.0759 e. The van der Waals surface area contributed by atoms with Gasteiger partial charge in [0.1, 0.15) is 0 Å². The van der Waals surface area contributed by atoms with Crippen LogP contribution >= 0.6 is 11.6 Å². The van der Waals surface area contributed by atoms with E-state index < -0.39 is 0 Å². The topological polar surface area (TPSA) is 42.7 Å². The quantitative estimate of drug-likeness (QED) is 0.810. The fraction of sp³-hybridized carbons (Fsp3) is 0.500. The summed E-state index contributed by atoms with van der Waals surface area (Å²) >= 11 is 5.96. The fourth-order valence-electron chi connectivity index (χ4n) is 2.38. The van der Waals surface area contributed by atoms with E-state index in [9.17, 15) is 0 Å². The van der Waals surface area contributed by atoms with Crippen molar-refractivity contribution in [2.75, 3.05) is 6.54 Å². The van der Waals surface area contributed by atoms with E-state index in [1.54, 1.807) is 0 Å². The van der Waals surface area contributed by atoms with Gasteiger partial charge in [0.25, 0.3) is 0 Å². The van der Waals surface area contributed by atoms with Crippen molar-refractivity contribution in [3.63, 3.8) is 0 Å². The van der Waals surface area contributed by atoms with Crippen molar-refractivity contribution in [2.45, 2.75) is 45.7 Å². The monoisotopic (exact) mass is 306 g/mol. The summed E-state index contributed by atoms with van der Waals surface area (Å²) in [5, 5.41) is 12.6. The molecule has 5 heteroatoms. The second-order valence-electron chi connectivity index (χ2n) is 5.22. The van der Waals surface area contributed by atoms with Crippen LogP contribution in [-0.4, -0.2) is 21.5 Å². The first-order valence-corrected chi connectivity index (χ1v) is 7.98. The fourth-order valence-corrected chi connectivity index (χ4v) is 2.50. The van der Waals surface area contributed by atoms with Crippen LogP contribution in [0.5, 0.6) is 0 Å². The van der Waals surface area contributed by atoms with E-state index >= 15 is 0 Å². The Labute approximate surface area is 131 Å². The molecule has 1 unspecified atom stereocenters. The van der Waals surface area contributed by atoms with Gasteiger partial charge in [0.15, 0.2) is 0 Å². The molecule has 0 aliphatic heterocycles. The maximum atomic E-state index is 5.96. The van der Waals surface area contributed by atoms with Gasteiger partial charge < -0.3 is 5.32 Å². The highest BCUT2D eigenvalue weighted by atomic mass is 35.5. The zero-order valence-corrected chi connectivity index (χ0v) is 13.5. The van der Waals surface area contributed by atoms with Crippen LogP contribution in [0.15, 0.2) is 30.5 Å². The van der Waals surface area contributed by atoms with Crippen molar-refractivity contribution in [1.29, 1.82) is 0 Å². The summed E-state index contributed by atoms with van der Waals surface area (Å²) < 4.78 is 2.00. The van der Waals surface area contributed by atoms with Gasteiger partial charge in [0.2, 0.25) is 0 Å². The average Bonchev–Trinajstić information content (AvgIpc) is 2.94. The molecular formula is C16H23ClN4. The molecule has 0 saturated carbocycles. The molecule has 0 saturated heterocycles. The largest absolute Gasteiger partial charge is 0.308 e. The van der Waals surface area contributed by atoms with Gasteiger partial charge in [0.05, 0.1) is 17.9 Å². The summed E-state index contributed by atoms with van der Waals surface area (Å²) in [5.74, 6) is 0. The van der Waals surface area contributed by atoms with E-state index in [1.807, 2.05) is 23.0 Å². The van der Waals surface area contributed by atoms with Crippen LogP contribution in [0, 0.1) is 0 Å². The Morgan fingerprint density at radius 2 is 1.95 bits per heavy atom. The summed E-state index contributed by atoms with van der Waals surface area (Å²) in [4.78, 5) is 0. The van der Waals surface area contributed by atoms with Gasteiger partial charge in [-0.2, -0.15) is 0 Å². The van der Waals surface area contributed by atoms with E-state index in [2.05, 4.69) is 41.6 Å². The molecule has 0 amide bonds. The summed E-state index contributed by atoms with van der Waals surface area (Å²) in [6.45, 7) is 6.21. The molecule has 1 N–H and O–H groups in total. The number of rotatable bonds is 8. The van der Waals surface area contributed by atoms with Gasteiger partial charge in [-0.25, -0.2) is 4.68 Å². The Balaban J connectivity index is 2.16. The van der Waals surface area contributed by atoms with Crippen LogP contribution in [0.4, 0.5) is 0 Å². The molecule has 0 radical (unpaired) electrons. The lowest BCUT2D eigenvalue weighted by Crippen LogP contribution is -2.26. The van der Waals surface area contributed by atoms with Crippen molar-refractivity contribution < 1.29 is 0 Å². The summed E-state index contributed by atoms with van der Waals surface area (Å²) in [6, 6.07) is 8.27. The van der Waals surface area contributed by atoms with Crippen molar-refractivity contribution >= 4 is 11.6 Å². The molecule has 1 atom stereocenters. The van der Waals surface area contributed by atoms with Gasteiger partial charge in [-0.3, -0.25) is 0 Å². The molecule has 2 rings (SSSR count). The number of benzene rings is 1. The number of nitrogens with zero attached hydrogens (tertiary/aromatic N) is 3. The minimum atomic E-state index is 0.229. The molecule has 0 bridgehead atoms. The van der Waals surface area contributed by atoms with Gasteiger partial charge in [-0.05, 0) is 43.5 Å². The number of aryl methyl sites for hydroxylation is 1. The normalized spacial score (nSPS) is 12.5. The lowest BCUT2D eigenvalue weighted by molar-refractivity contribution is 0.465. The highest BCUT2D eigenvalue weighted by Crippen LogP contribution is 2.19. The third-order valence-corrected chi connectivity index (χ3v) is 3.69. The number of nitrogens with one attached hydrogen (secondary N) is 1. The predicted octanol–water partition coefficient (Wildman–Crippen LogP) is 3.62. The van der Waals surface area contributed by atoms with Gasteiger partial charge in [-0.15, -0.1) is 5.10 Å². The third-order valence-electron chi connectivity index (χ3n) is 3.43. The maximum absolute atomic E-state index is 5.96. The highest BCUT2D eigenvalue weighted by molar-refractivity contribution is 6.30. The van der Waals surface area contributed by atoms with E-state index in [-0.39, 0.29) is 6.04 Å². The molecule has 2 aromatic rings. The van der Waals surface area contributed by atoms with E-state index in [0.717, 1.165) is 43.1 Å². The highest BCUT2D eigenvalue weighted by Gasteiger charge is 2.16. The SMILES string of the molecule is CCCNC(Cc1ccc(Cl)cc1)c1cnnn1CCC. The van der Waals surface area contributed by atoms with Crippen molar-refractivity contribution in [1.82, 2.24) is 20.3 Å². The van der Waals surface area contributed by atoms with E-state index in [0.29, 0.717) is 0 Å². The molecular weight excluding hydrogens is 284 g/mol. The molecule has 1 aromatic heterocycles. The lowest BCUT2D eigenvalue weighted by atomic mass is 10.0. The first kappa shape index (κ1) is 16.0. The molecule has 21 heavy (non-hydrogen) atoms. The second-order valence-corrected chi connectivity index (χ2v) is 5.66. The van der Waals surface area contributed by atoms with Crippen LogP contribution in [0.25, 0.3) is 0 Å². The average molecular weight is 307 g/mol. The molecule has 4 nitrogen and oxygen atoms in total. The molecule has 0 aliphatic rings. The van der Waals surface area contributed by atoms with Crippen molar-refractivity contribution in [2.24, 2.45) is 0 Å².